The van der Waals surface area contributed by atoms with Gasteiger partial charge < -0.3 is 20.6 Å². The fourth-order valence-corrected chi connectivity index (χ4v) is 7.22. The first-order chi connectivity index (χ1) is 24.1. The molecule has 0 aliphatic carbocycles. The van der Waals surface area contributed by atoms with Gasteiger partial charge in [-0.15, -0.1) is 0 Å². The van der Waals surface area contributed by atoms with Crippen LogP contribution in [0.15, 0.2) is 0 Å². The molecule has 0 aliphatic rings. The van der Waals surface area contributed by atoms with Gasteiger partial charge in [0.25, 0.3) is 0 Å². The Morgan fingerprint density at radius 1 is 0.429 bits per heavy atom. The van der Waals surface area contributed by atoms with Crippen molar-refractivity contribution in [2.75, 3.05) is 6.61 Å². The van der Waals surface area contributed by atoms with Crippen molar-refractivity contribution in [3.63, 3.8) is 0 Å². The third-order valence-electron chi connectivity index (χ3n) is 10.7. The summed E-state index contributed by atoms with van der Waals surface area (Å²) in [5.74, 6) is -0.139. The molecule has 5 nitrogen and oxygen atoms in total. The molecule has 0 heterocycles. The summed E-state index contributed by atoms with van der Waals surface area (Å²) in [6.45, 7) is 4.20. The minimum absolute atomic E-state index is 0.139. The van der Waals surface area contributed by atoms with Gasteiger partial charge in [0.1, 0.15) is 6.10 Å². The third-order valence-corrected chi connectivity index (χ3v) is 10.7. The second-order valence-corrected chi connectivity index (χ2v) is 15.6. The Morgan fingerprint density at radius 2 is 0.694 bits per heavy atom. The number of carbonyl (C=O) groups is 1. The van der Waals surface area contributed by atoms with Crippen LogP contribution in [0.25, 0.3) is 0 Å². The SMILES string of the molecule is CCCCCCCCCCCCCCCCCCCCCC(=O)NC(CO)C(O)C(O)CCCCCCCCCCCCCCCCCC. The molecule has 294 valence electrons. The van der Waals surface area contributed by atoms with E-state index in [4.69, 9.17) is 0 Å². The first-order valence-corrected chi connectivity index (χ1v) is 22.3. The molecular weight excluding hydrogens is 606 g/mol. The van der Waals surface area contributed by atoms with E-state index in [1.54, 1.807) is 0 Å². The summed E-state index contributed by atoms with van der Waals surface area (Å²) < 4.78 is 0. The number of carbonyl (C=O) groups excluding carboxylic acids is 1. The molecule has 5 heteroatoms. The van der Waals surface area contributed by atoms with Gasteiger partial charge in [-0.1, -0.05) is 232 Å². The Labute approximate surface area is 307 Å². The van der Waals surface area contributed by atoms with E-state index in [2.05, 4.69) is 19.2 Å². The molecule has 0 bridgehead atoms. The van der Waals surface area contributed by atoms with Gasteiger partial charge in [-0.25, -0.2) is 0 Å². The van der Waals surface area contributed by atoms with E-state index >= 15 is 0 Å². The lowest BCUT2D eigenvalue weighted by molar-refractivity contribution is -0.124. The predicted molar refractivity (Wildman–Crippen MR) is 213 cm³/mol. The summed E-state index contributed by atoms with van der Waals surface area (Å²) in [6.07, 6.45) is 44.9. The molecule has 0 aromatic heterocycles. The molecule has 1 amide bonds. The second kappa shape index (κ2) is 40.1. The molecule has 0 radical (unpaired) electrons. The molecule has 0 rings (SSSR count). The van der Waals surface area contributed by atoms with Crippen molar-refractivity contribution in [2.24, 2.45) is 0 Å². The maximum Gasteiger partial charge on any atom is 0.220 e. The topological polar surface area (TPSA) is 89.8 Å². The van der Waals surface area contributed by atoms with E-state index in [1.807, 2.05) is 0 Å². The van der Waals surface area contributed by atoms with Crippen LogP contribution in [0.2, 0.25) is 0 Å². The van der Waals surface area contributed by atoms with E-state index in [0.717, 1.165) is 32.1 Å². The summed E-state index contributed by atoms with van der Waals surface area (Å²) in [5.41, 5.74) is 0. The molecule has 0 aromatic carbocycles. The highest BCUT2D eigenvalue weighted by molar-refractivity contribution is 5.76. The molecule has 0 aromatic rings. The lowest BCUT2D eigenvalue weighted by Gasteiger charge is -2.26. The van der Waals surface area contributed by atoms with Crippen molar-refractivity contribution in [3.05, 3.63) is 0 Å². The van der Waals surface area contributed by atoms with Crippen molar-refractivity contribution in [2.45, 2.75) is 270 Å². The lowest BCUT2D eigenvalue weighted by Crippen LogP contribution is -2.50. The van der Waals surface area contributed by atoms with Gasteiger partial charge in [-0.3, -0.25) is 4.79 Å². The van der Waals surface area contributed by atoms with E-state index < -0.39 is 18.2 Å². The summed E-state index contributed by atoms with van der Waals surface area (Å²) in [4.78, 5) is 12.4. The van der Waals surface area contributed by atoms with Crippen LogP contribution in [0.4, 0.5) is 0 Å². The van der Waals surface area contributed by atoms with E-state index in [9.17, 15) is 20.1 Å². The van der Waals surface area contributed by atoms with Crippen LogP contribution < -0.4 is 5.32 Å². The molecule has 49 heavy (non-hydrogen) atoms. The number of rotatable bonds is 41. The Morgan fingerprint density at radius 3 is 0.980 bits per heavy atom. The standard InChI is InChI=1S/C44H89NO4/c1-3-5-7-9-11-13-15-17-19-21-22-23-25-27-29-31-33-35-37-39-43(48)45-41(40-46)44(49)42(47)38-36-34-32-30-28-26-24-20-18-16-14-12-10-8-6-4-2/h41-42,44,46-47,49H,3-40H2,1-2H3,(H,45,48). The van der Waals surface area contributed by atoms with Crippen LogP contribution in [-0.4, -0.2) is 46.1 Å². The number of hydrogen-bond acceptors (Lipinski definition) is 4. The third kappa shape index (κ3) is 35.5. The Kier molecular flexibility index (Phi) is 39.6. The normalized spacial score (nSPS) is 13.5. The van der Waals surface area contributed by atoms with Gasteiger partial charge in [0.05, 0.1) is 18.8 Å². The van der Waals surface area contributed by atoms with E-state index in [-0.39, 0.29) is 12.5 Å². The number of aliphatic hydroxyl groups excluding tert-OH is 3. The molecule has 4 N–H and O–H groups in total. The highest BCUT2D eigenvalue weighted by Gasteiger charge is 2.26. The largest absolute Gasteiger partial charge is 0.394 e. The van der Waals surface area contributed by atoms with Crippen molar-refractivity contribution in [1.82, 2.24) is 5.32 Å². The zero-order valence-electron chi connectivity index (χ0n) is 33.4. The second-order valence-electron chi connectivity index (χ2n) is 15.6. The zero-order chi connectivity index (χ0) is 35.9. The van der Waals surface area contributed by atoms with Gasteiger partial charge in [-0.2, -0.15) is 0 Å². The summed E-state index contributed by atoms with van der Waals surface area (Å²) in [7, 11) is 0. The predicted octanol–water partition coefficient (Wildman–Crippen LogP) is 12.7. The monoisotopic (exact) mass is 696 g/mol. The van der Waals surface area contributed by atoms with Crippen LogP contribution >= 0.6 is 0 Å². The highest BCUT2D eigenvalue weighted by Crippen LogP contribution is 2.17. The average Bonchev–Trinajstić information content (AvgIpc) is 3.10. The average molecular weight is 696 g/mol. The Hall–Kier alpha value is -0.650. The molecule has 3 unspecified atom stereocenters. The molecule has 0 aliphatic heterocycles. The Balaban J connectivity index is 3.58. The summed E-state index contributed by atoms with van der Waals surface area (Å²) in [6, 6.07) is -0.802. The summed E-state index contributed by atoms with van der Waals surface area (Å²) >= 11 is 0. The molecule has 0 saturated carbocycles. The van der Waals surface area contributed by atoms with Gasteiger partial charge in [0, 0.05) is 6.42 Å². The number of hydrogen-bond donors (Lipinski definition) is 4. The zero-order valence-corrected chi connectivity index (χ0v) is 33.4. The van der Waals surface area contributed by atoms with Gasteiger partial charge >= 0.3 is 0 Å². The van der Waals surface area contributed by atoms with E-state index in [0.29, 0.717) is 12.8 Å². The fraction of sp³-hybridized carbons (Fsp3) is 0.977. The van der Waals surface area contributed by atoms with Gasteiger partial charge in [0.2, 0.25) is 5.91 Å². The van der Waals surface area contributed by atoms with E-state index in [1.165, 1.54) is 193 Å². The molecule has 0 saturated heterocycles. The quantitative estimate of drug-likeness (QED) is 0.0479. The molecule has 0 spiro atoms. The smallest absolute Gasteiger partial charge is 0.220 e. The van der Waals surface area contributed by atoms with Crippen molar-refractivity contribution in [1.29, 1.82) is 0 Å². The van der Waals surface area contributed by atoms with Crippen molar-refractivity contribution < 1.29 is 20.1 Å². The maximum absolute atomic E-state index is 12.4. The molecule has 3 atom stereocenters. The first kappa shape index (κ1) is 48.3. The lowest BCUT2D eigenvalue weighted by atomic mass is 9.99. The van der Waals surface area contributed by atoms with Crippen molar-refractivity contribution in [3.8, 4) is 0 Å². The van der Waals surface area contributed by atoms with Crippen LogP contribution in [-0.2, 0) is 4.79 Å². The van der Waals surface area contributed by atoms with Gasteiger partial charge in [-0.05, 0) is 12.8 Å². The van der Waals surface area contributed by atoms with Crippen LogP contribution in [0.5, 0.6) is 0 Å². The molecule has 0 fully saturated rings. The molecular formula is C44H89NO4. The number of amides is 1. The van der Waals surface area contributed by atoms with Crippen LogP contribution in [0.1, 0.15) is 251 Å². The minimum Gasteiger partial charge on any atom is -0.394 e. The van der Waals surface area contributed by atoms with Gasteiger partial charge in [0.15, 0.2) is 0 Å². The van der Waals surface area contributed by atoms with Crippen LogP contribution in [0.3, 0.4) is 0 Å². The minimum atomic E-state index is -1.13. The number of aliphatic hydroxyl groups is 3. The van der Waals surface area contributed by atoms with Crippen molar-refractivity contribution >= 4 is 5.91 Å². The van der Waals surface area contributed by atoms with Crippen LogP contribution in [0, 0.1) is 0 Å². The first-order valence-electron chi connectivity index (χ1n) is 22.3. The maximum atomic E-state index is 12.4. The highest BCUT2D eigenvalue weighted by atomic mass is 16.3. The number of nitrogens with one attached hydrogen (secondary N) is 1. The summed E-state index contributed by atoms with van der Waals surface area (Å²) in [5, 5.41) is 33.6. The Bertz CT molecular complexity index is 644. The fourth-order valence-electron chi connectivity index (χ4n) is 7.22. The number of unbranched alkanes of at least 4 members (excludes halogenated alkanes) is 33.